The largest absolute Gasteiger partial charge is 0.395 e. The van der Waals surface area contributed by atoms with Crippen LogP contribution in [0.2, 0.25) is 0 Å². The average Bonchev–Trinajstić information content (AvgIpc) is 2.52. The van der Waals surface area contributed by atoms with E-state index in [-0.39, 0.29) is 0 Å². The molecule has 0 aromatic rings. The Labute approximate surface area is 79.7 Å². The van der Waals surface area contributed by atoms with Crippen molar-refractivity contribution in [2.45, 2.75) is 18.9 Å². The van der Waals surface area contributed by atoms with Crippen LogP contribution in [0.25, 0.3) is 0 Å². The van der Waals surface area contributed by atoms with Gasteiger partial charge in [0, 0.05) is 18.3 Å². The van der Waals surface area contributed by atoms with E-state index < -0.39 is 0 Å². The summed E-state index contributed by atoms with van der Waals surface area (Å²) in [5.74, 6) is 0.803. The van der Waals surface area contributed by atoms with E-state index in [0.29, 0.717) is 12.6 Å². The molecule has 0 saturated carbocycles. The smallest absolute Gasteiger partial charge is 0.0587 e. The van der Waals surface area contributed by atoms with Crippen LogP contribution < -0.4 is 0 Å². The Bertz CT molecular complexity index is 149. The van der Waals surface area contributed by atoms with Gasteiger partial charge in [-0.3, -0.25) is 4.90 Å². The van der Waals surface area contributed by atoms with Gasteiger partial charge in [0.05, 0.1) is 6.61 Å². The third kappa shape index (κ3) is 2.81. The molecule has 1 fully saturated rings. The second-order valence-electron chi connectivity index (χ2n) is 3.13. The van der Waals surface area contributed by atoms with Gasteiger partial charge in [-0.05, 0) is 19.4 Å². The number of aliphatic hydroxyl groups is 1. The van der Waals surface area contributed by atoms with Crippen LogP contribution in [0.5, 0.6) is 0 Å². The molecule has 12 heavy (non-hydrogen) atoms. The summed E-state index contributed by atoms with van der Waals surface area (Å²) in [5.41, 5.74) is 0. The quantitative estimate of drug-likeness (QED) is 0.505. The molecular formula is C9H17NOS. The maximum Gasteiger partial charge on any atom is 0.0587 e. The van der Waals surface area contributed by atoms with Gasteiger partial charge < -0.3 is 5.11 Å². The van der Waals surface area contributed by atoms with Gasteiger partial charge in [0.1, 0.15) is 0 Å². The second-order valence-corrected chi connectivity index (χ2v) is 3.49. The van der Waals surface area contributed by atoms with E-state index in [1.165, 1.54) is 6.42 Å². The van der Waals surface area contributed by atoms with Gasteiger partial charge in [-0.1, -0.05) is 12.2 Å². The predicted octanol–water partition coefficient (Wildman–Crippen LogP) is 0.929. The lowest BCUT2D eigenvalue weighted by molar-refractivity contribution is 0.170. The highest BCUT2D eigenvalue weighted by Crippen LogP contribution is 2.15. The predicted molar refractivity (Wildman–Crippen MR) is 54.7 cm³/mol. The van der Waals surface area contributed by atoms with Crippen LogP contribution in [0, 0.1) is 0 Å². The van der Waals surface area contributed by atoms with Gasteiger partial charge in [0.2, 0.25) is 0 Å². The molecule has 1 aliphatic rings. The summed E-state index contributed by atoms with van der Waals surface area (Å²) in [6, 6.07) is 0.398. The lowest BCUT2D eigenvalue weighted by Crippen LogP contribution is -2.32. The highest BCUT2D eigenvalue weighted by molar-refractivity contribution is 7.80. The van der Waals surface area contributed by atoms with Crippen molar-refractivity contribution in [2.75, 3.05) is 25.4 Å². The van der Waals surface area contributed by atoms with Crippen LogP contribution in [0.4, 0.5) is 0 Å². The fourth-order valence-corrected chi connectivity index (χ4v) is 1.78. The fraction of sp³-hybridized carbons (Fsp3) is 0.778. The normalized spacial score (nSPS) is 25.7. The monoisotopic (exact) mass is 187 g/mol. The van der Waals surface area contributed by atoms with Gasteiger partial charge >= 0.3 is 0 Å². The minimum atomic E-state index is 0.300. The van der Waals surface area contributed by atoms with Crippen molar-refractivity contribution in [2.24, 2.45) is 0 Å². The maximum atomic E-state index is 9.01. The molecule has 0 amide bonds. The fourth-order valence-electron chi connectivity index (χ4n) is 1.63. The summed E-state index contributed by atoms with van der Waals surface area (Å²) in [7, 11) is 0. The molecule has 1 unspecified atom stereocenters. The molecule has 0 aromatic carbocycles. The van der Waals surface area contributed by atoms with Gasteiger partial charge in [0.25, 0.3) is 0 Å². The zero-order chi connectivity index (χ0) is 8.81. The summed E-state index contributed by atoms with van der Waals surface area (Å²) in [5, 5.41) is 9.01. The van der Waals surface area contributed by atoms with Crippen LogP contribution in [-0.2, 0) is 0 Å². The highest BCUT2D eigenvalue weighted by atomic mass is 32.1. The Balaban J connectivity index is 2.25. The van der Waals surface area contributed by atoms with Gasteiger partial charge in [-0.25, -0.2) is 0 Å². The summed E-state index contributed by atoms with van der Waals surface area (Å²) in [4.78, 5) is 2.32. The Morgan fingerprint density at radius 2 is 2.33 bits per heavy atom. The number of likely N-dealkylation sites (tertiary alicyclic amines) is 1. The molecular weight excluding hydrogens is 170 g/mol. The minimum absolute atomic E-state index is 0.300. The number of nitrogens with zero attached hydrogens (tertiary/aromatic N) is 1. The molecule has 0 bridgehead atoms. The van der Waals surface area contributed by atoms with Crippen molar-refractivity contribution in [1.29, 1.82) is 0 Å². The van der Waals surface area contributed by atoms with E-state index in [1.54, 1.807) is 0 Å². The Hall–Kier alpha value is 0.01000. The third-order valence-electron chi connectivity index (χ3n) is 2.32. The molecule has 0 aromatic heterocycles. The van der Waals surface area contributed by atoms with E-state index in [2.05, 4.69) is 29.7 Å². The zero-order valence-electron chi connectivity index (χ0n) is 7.32. The number of aliphatic hydroxyl groups excluding tert-OH is 1. The topological polar surface area (TPSA) is 23.5 Å². The van der Waals surface area contributed by atoms with E-state index in [9.17, 15) is 0 Å². The van der Waals surface area contributed by atoms with Crippen LogP contribution in [-0.4, -0.2) is 41.5 Å². The average molecular weight is 187 g/mol. The number of thiol groups is 1. The Kier molecular flexibility index (Phi) is 4.73. The first-order chi connectivity index (χ1) is 5.88. The van der Waals surface area contributed by atoms with Crippen LogP contribution >= 0.6 is 12.6 Å². The van der Waals surface area contributed by atoms with Gasteiger partial charge in [-0.15, -0.1) is 0 Å². The van der Waals surface area contributed by atoms with Crippen LogP contribution in [0.3, 0.4) is 0 Å². The molecule has 1 N–H and O–H groups in total. The molecule has 0 radical (unpaired) electrons. The standard InChI is InChI=1S/C9H17NOS/c11-8-9-4-3-6-10(9)5-1-2-7-12/h1-2,9,11-12H,3-8H2/b2-1+. The van der Waals surface area contributed by atoms with E-state index in [4.69, 9.17) is 5.11 Å². The minimum Gasteiger partial charge on any atom is -0.395 e. The van der Waals surface area contributed by atoms with Crippen molar-refractivity contribution in [3.8, 4) is 0 Å². The summed E-state index contributed by atoms with van der Waals surface area (Å²) < 4.78 is 0. The lowest BCUT2D eigenvalue weighted by atomic mass is 10.2. The molecule has 1 rings (SSSR count). The van der Waals surface area contributed by atoms with Crippen molar-refractivity contribution in [1.82, 2.24) is 4.90 Å². The van der Waals surface area contributed by atoms with Gasteiger partial charge in [0.15, 0.2) is 0 Å². The Morgan fingerprint density at radius 3 is 3.00 bits per heavy atom. The molecule has 2 nitrogen and oxygen atoms in total. The lowest BCUT2D eigenvalue weighted by Gasteiger charge is -2.20. The van der Waals surface area contributed by atoms with Crippen molar-refractivity contribution in [3.63, 3.8) is 0 Å². The molecule has 70 valence electrons. The number of rotatable bonds is 4. The molecule has 1 aliphatic heterocycles. The van der Waals surface area contributed by atoms with E-state index >= 15 is 0 Å². The third-order valence-corrected chi connectivity index (χ3v) is 2.53. The van der Waals surface area contributed by atoms with Crippen molar-refractivity contribution < 1.29 is 5.11 Å². The first kappa shape index (κ1) is 10.1. The first-order valence-electron chi connectivity index (χ1n) is 4.49. The molecule has 3 heteroatoms. The first-order valence-corrected chi connectivity index (χ1v) is 5.12. The Morgan fingerprint density at radius 1 is 1.50 bits per heavy atom. The number of hydrogen-bond donors (Lipinski definition) is 2. The summed E-state index contributed by atoms with van der Waals surface area (Å²) in [6.07, 6.45) is 6.54. The maximum absolute atomic E-state index is 9.01. The summed E-state index contributed by atoms with van der Waals surface area (Å²) in [6.45, 7) is 2.39. The van der Waals surface area contributed by atoms with E-state index in [0.717, 1.165) is 25.3 Å². The summed E-state index contributed by atoms with van der Waals surface area (Å²) >= 11 is 4.09. The SMILES string of the molecule is OCC1CCCN1C/C=C/CS. The zero-order valence-corrected chi connectivity index (χ0v) is 8.21. The highest BCUT2D eigenvalue weighted by Gasteiger charge is 2.21. The second kappa shape index (κ2) is 5.62. The molecule has 1 atom stereocenters. The molecule has 1 saturated heterocycles. The van der Waals surface area contributed by atoms with Crippen molar-refractivity contribution >= 4 is 12.6 Å². The van der Waals surface area contributed by atoms with Crippen LogP contribution in [0.15, 0.2) is 12.2 Å². The van der Waals surface area contributed by atoms with Crippen molar-refractivity contribution in [3.05, 3.63) is 12.2 Å². The molecule has 1 heterocycles. The molecule has 0 aliphatic carbocycles. The van der Waals surface area contributed by atoms with E-state index in [1.807, 2.05) is 0 Å². The van der Waals surface area contributed by atoms with Gasteiger partial charge in [-0.2, -0.15) is 12.6 Å². The van der Waals surface area contributed by atoms with Crippen LogP contribution in [0.1, 0.15) is 12.8 Å². The number of hydrogen-bond acceptors (Lipinski definition) is 3. The molecule has 0 spiro atoms.